The highest BCUT2D eigenvalue weighted by molar-refractivity contribution is 5.48. The van der Waals surface area contributed by atoms with Crippen LogP contribution in [0.4, 0.5) is 19.0 Å². The van der Waals surface area contributed by atoms with Crippen molar-refractivity contribution >= 4 is 11.5 Å². The van der Waals surface area contributed by atoms with Gasteiger partial charge in [-0.3, -0.25) is 0 Å². The molecule has 1 aliphatic rings. The first-order valence-electron chi connectivity index (χ1n) is 8.78. The third-order valence-electron chi connectivity index (χ3n) is 4.85. The first kappa shape index (κ1) is 18.4. The first-order chi connectivity index (χ1) is 13.3. The zero-order valence-corrected chi connectivity index (χ0v) is 15.3. The largest absolute Gasteiger partial charge is 0.476 e. The molecule has 3 aromatic rings. The second kappa shape index (κ2) is 6.88. The van der Waals surface area contributed by atoms with E-state index in [1.165, 1.54) is 12.1 Å². The fraction of sp³-hybridized carbons (Fsp3) is 0.471. The average molecular weight is 393 g/mol. The van der Waals surface area contributed by atoms with Gasteiger partial charge in [-0.1, -0.05) is 0 Å². The summed E-state index contributed by atoms with van der Waals surface area (Å²) in [6.45, 7) is 5.87. The minimum atomic E-state index is -4.63. The second-order valence-corrected chi connectivity index (χ2v) is 6.78. The lowest BCUT2D eigenvalue weighted by Crippen LogP contribution is -2.24. The fourth-order valence-corrected chi connectivity index (χ4v) is 3.23. The second-order valence-electron chi connectivity index (χ2n) is 6.78. The van der Waals surface area contributed by atoms with Gasteiger partial charge in [0.05, 0.1) is 6.61 Å². The molecule has 8 nitrogen and oxygen atoms in total. The van der Waals surface area contributed by atoms with Crippen molar-refractivity contribution in [3.05, 3.63) is 35.5 Å². The lowest BCUT2D eigenvalue weighted by molar-refractivity contribution is -0.146. The highest BCUT2D eigenvalue weighted by atomic mass is 19.4. The summed E-state index contributed by atoms with van der Waals surface area (Å²) in [5, 5.41) is 10.5. The number of ether oxygens (including phenoxy) is 1. The molecule has 0 N–H and O–H groups in total. The summed E-state index contributed by atoms with van der Waals surface area (Å²) in [4.78, 5) is 10.7. The molecule has 0 aromatic carbocycles. The molecule has 0 spiro atoms. The molecule has 28 heavy (non-hydrogen) atoms. The van der Waals surface area contributed by atoms with Crippen molar-refractivity contribution in [2.45, 2.75) is 26.4 Å². The molecule has 11 heteroatoms. The molecule has 1 unspecified atom stereocenters. The SMILES string of the molecule is Cc1ncnc(N2CCC(COc3ccc4nnc(C(F)(F)F)n4n3)C2)c1C. The molecule has 0 bridgehead atoms. The van der Waals surface area contributed by atoms with E-state index in [1.807, 2.05) is 13.8 Å². The summed E-state index contributed by atoms with van der Waals surface area (Å²) >= 11 is 0. The summed E-state index contributed by atoms with van der Waals surface area (Å²) in [7, 11) is 0. The third kappa shape index (κ3) is 3.43. The lowest BCUT2D eigenvalue weighted by Gasteiger charge is -2.20. The van der Waals surface area contributed by atoms with Gasteiger partial charge in [0.25, 0.3) is 5.82 Å². The molecule has 148 valence electrons. The number of aryl methyl sites for hydroxylation is 1. The van der Waals surface area contributed by atoms with E-state index in [4.69, 9.17) is 4.74 Å². The fourth-order valence-electron chi connectivity index (χ4n) is 3.23. The smallest absolute Gasteiger partial charge is 0.453 e. The normalized spacial score (nSPS) is 17.5. The van der Waals surface area contributed by atoms with Crippen LogP contribution in [0.3, 0.4) is 0 Å². The van der Waals surface area contributed by atoms with E-state index in [0.717, 1.165) is 36.6 Å². The van der Waals surface area contributed by atoms with Crippen LogP contribution in [0.25, 0.3) is 5.65 Å². The molecule has 0 aliphatic carbocycles. The number of alkyl halides is 3. The maximum atomic E-state index is 13.0. The Morgan fingerprint density at radius 2 is 2.00 bits per heavy atom. The summed E-state index contributed by atoms with van der Waals surface area (Å²) in [6, 6.07) is 2.90. The number of rotatable bonds is 4. The van der Waals surface area contributed by atoms with Crippen LogP contribution in [0.2, 0.25) is 0 Å². The zero-order valence-electron chi connectivity index (χ0n) is 15.3. The zero-order chi connectivity index (χ0) is 19.9. The number of fused-ring (bicyclic) bond motifs is 1. The predicted octanol–water partition coefficient (Wildman–Crippen LogP) is 2.46. The minimum absolute atomic E-state index is 0.0151. The Balaban J connectivity index is 1.43. The van der Waals surface area contributed by atoms with Gasteiger partial charge in [-0.15, -0.1) is 15.3 Å². The lowest BCUT2D eigenvalue weighted by atomic mass is 10.1. The maximum Gasteiger partial charge on any atom is 0.453 e. The molecule has 1 atom stereocenters. The van der Waals surface area contributed by atoms with E-state index >= 15 is 0 Å². The molecule has 1 aliphatic heterocycles. The molecule has 0 radical (unpaired) electrons. The van der Waals surface area contributed by atoms with Crippen molar-refractivity contribution in [3.63, 3.8) is 0 Å². The van der Waals surface area contributed by atoms with Crippen LogP contribution in [0.5, 0.6) is 5.88 Å². The van der Waals surface area contributed by atoms with E-state index in [2.05, 4.69) is 30.2 Å². The number of anilines is 1. The van der Waals surface area contributed by atoms with Gasteiger partial charge in [0.15, 0.2) is 5.65 Å². The van der Waals surface area contributed by atoms with Crippen LogP contribution >= 0.6 is 0 Å². The Kier molecular flexibility index (Phi) is 4.52. The molecular formula is C17H18F3N7O. The van der Waals surface area contributed by atoms with Gasteiger partial charge in [-0.2, -0.15) is 17.7 Å². The van der Waals surface area contributed by atoms with Gasteiger partial charge < -0.3 is 9.64 Å². The van der Waals surface area contributed by atoms with E-state index in [1.54, 1.807) is 6.33 Å². The van der Waals surface area contributed by atoms with Gasteiger partial charge in [0.1, 0.15) is 12.1 Å². The van der Waals surface area contributed by atoms with Gasteiger partial charge in [0.2, 0.25) is 5.88 Å². The van der Waals surface area contributed by atoms with E-state index in [0.29, 0.717) is 11.1 Å². The summed E-state index contributed by atoms with van der Waals surface area (Å²) in [6.07, 6.45) is -2.19. The van der Waals surface area contributed by atoms with Crippen LogP contribution in [0, 0.1) is 19.8 Å². The van der Waals surface area contributed by atoms with Gasteiger partial charge in [-0.05, 0) is 26.3 Å². The van der Waals surface area contributed by atoms with E-state index in [9.17, 15) is 13.2 Å². The minimum Gasteiger partial charge on any atom is -0.476 e. The Morgan fingerprint density at radius 1 is 1.18 bits per heavy atom. The highest BCUT2D eigenvalue weighted by Crippen LogP contribution is 2.28. The standard InChI is InChI=1S/C17H18F3N7O/c1-10-11(2)21-9-22-15(10)26-6-5-12(7-26)8-28-14-4-3-13-23-24-16(17(18,19)20)27(13)25-14/h3-4,9,12H,5-8H2,1-2H3. The van der Waals surface area contributed by atoms with Crippen LogP contribution in [-0.4, -0.2) is 49.5 Å². The number of aromatic nitrogens is 6. The highest BCUT2D eigenvalue weighted by Gasteiger charge is 2.37. The molecule has 1 saturated heterocycles. The third-order valence-corrected chi connectivity index (χ3v) is 4.85. The van der Waals surface area contributed by atoms with Crippen LogP contribution in [0.15, 0.2) is 18.5 Å². The van der Waals surface area contributed by atoms with Gasteiger partial charge in [-0.25, -0.2) is 9.97 Å². The van der Waals surface area contributed by atoms with Gasteiger partial charge >= 0.3 is 6.18 Å². The van der Waals surface area contributed by atoms with E-state index in [-0.39, 0.29) is 17.4 Å². The van der Waals surface area contributed by atoms with Crippen LogP contribution in [-0.2, 0) is 6.18 Å². The van der Waals surface area contributed by atoms with Crippen LogP contribution in [0.1, 0.15) is 23.5 Å². The van der Waals surface area contributed by atoms with Gasteiger partial charge in [0, 0.05) is 36.3 Å². The number of halogens is 3. The Labute approximate surface area is 158 Å². The molecule has 0 amide bonds. The van der Waals surface area contributed by atoms with Crippen molar-refractivity contribution in [1.29, 1.82) is 0 Å². The molecular weight excluding hydrogens is 375 g/mol. The first-order valence-corrected chi connectivity index (χ1v) is 8.78. The maximum absolute atomic E-state index is 13.0. The molecule has 4 rings (SSSR count). The predicted molar refractivity (Wildman–Crippen MR) is 93.1 cm³/mol. The number of hydrogen-bond donors (Lipinski definition) is 0. The topological polar surface area (TPSA) is 81.3 Å². The number of nitrogens with zero attached hydrogens (tertiary/aromatic N) is 7. The van der Waals surface area contributed by atoms with Crippen molar-refractivity contribution in [2.75, 3.05) is 24.6 Å². The van der Waals surface area contributed by atoms with Crippen molar-refractivity contribution in [3.8, 4) is 5.88 Å². The Hall–Kier alpha value is -2.98. The van der Waals surface area contributed by atoms with E-state index < -0.39 is 12.0 Å². The quantitative estimate of drug-likeness (QED) is 0.673. The van der Waals surface area contributed by atoms with Crippen molar-refractivity contribution < 1.29 is 17.9 Å². The Bertz CT molecular complexity index is 1000. The molecule has 0 saturated carbocycles. The Morgan fingerprint density at radius 3 is 2.79 bits per heavy atom. The molecule has 1 fully saturated rings. The molecule has 3 aromatic heterocycles. The van der Waals surface area contributed by atoms with Crippen molar-refractivity contribution in [1.82, 2.24) is 29.8 Å². The van der Waals surface area contributed by atoms with Crippen LogP contribution < -0.4 is 9.64 Å². The molecule has 4 heterocycles. The monoisotopic (exact) mass is 393 g/mol. The average Bonchev–Trinajstić information content (AvgIpc) is 3.28. The number of hydrogen-bond acceptors (Lipinski definition) is 7. The summed E-state index contributed by atoms with van der Waals surface area (Å²) in [5.74, 6) is 0.0592. The van der Waals surface area contributed by atoms with Crippen molar-refractivity contribution in [2.24, 2.45) is 5.92 Å². The summed E-state index contributed by atoms with van der Waals surface area (Å²) < 4.78 is 45.2. The summed E-state index contributed by atoms with van der Waals surface area (Å²) in [5.41, 5.74) is 2.00.